The Balaban J connectivity index is 2.08. The first-order valence-electron chi connectivity index (χ1n) is 6.38. The summed E-state index contributed by atoms with van der Waals surface area (Å²) in [4.78, 5) is 0. The van der Waals surface area contributed by atoms with Gasteiger partial charge in [-0.2, -0.15) is 5.10 Å². The molecule has 0 radical (unpaired) electrons. The summed E-state index contributed by atoms with van der Waals surface area (Å²) in [6.07, 6.45) is 3.98. The number of nitrogens with zero attached hydrogens (tertiary/aromatic N) is 2. The lowest BCUT2D eigenvalue weighted by atomic mass is 10.0. The topological polar surface area (TPSA) is 29.9 Å². The fourth-order valence-corrected chi connectivity index (χ4v) is 2.30. The minimum absolute atomic E-state index is 0.299. The van der Waals surface area contributed by atoms with Crippen molar-refractivity contribution in [2.45, 2.75) is 32.9 Å². The second-order valence-corrected chi connectivity index (χ2v) is 4.91. The van der Waals surface area contributed by atoms with Crippen molar-refractivity contribution < 1.29 is 0 Å². The summed E-state index contributed by atoms with van der Waals surface area (Å²) in [7, 11) is 1.95. The van der Waals surface area contributed by atoms with E-state index < -0.39 is 0 Å². The van der Waals surface area contributed by atoms with Crippen molar-refractivity contribution in [2.24, 2.45) is 7.05 Å². The molecule has 0 spiro atoms. The fourth-order valence-electron chi connectivity index (χ4n) is 2.30. The summed E-state index contributed by atoms with van der Waals surface area (Å²) in [5, 5.41) is 7.83. The zero-order valence-corrected chi connectivity index (χ0v) is 11.5. The Morgan fingerprint density at radius 1 is 1.17 bits per heavy atom. The highest BCUT2D eigenvalue weighted by Gasteiger charge is 2.13. The average molecular weight is 243 g/mol. The first-order chi connectivity index (χ1) is 8.58. The van der Waals surface area contributed by atoms with E-state index in [1.807, 2.05) is 17.9 Å². The SMILES string of the molecule is Cc1ccccc1[C@H](C)NC(C)c1cnn(C)c1. The molecule has 0 bridgehead atoms. The molecule has 2 rings (SSSR count). The van der Waals surface area contributed by atoms with Gasteiger partial charge in [0.15, 0.2) is 0 Å². The third-order valence-corrected chi connectivity index (χ3v) is 3.38. The van der Waals surface area contributed by atoms with Crippen LogP contribution in [0.25, 0.3) is 0 Å². The van der Waals surface area contributed by atoms with Gasteiger partial charge in [0.2, 0.25) is 0 Å². The highest BCUT2D eigenvalue weighted by atomic mass is 15.2. The number of benzene rings is 1. The van der Waals surface area contributed by atoms with Crippen LogP contribution in [0.1, 0.15) is 42.6 Å². The van der Waals surface area contributed by atoms with Crippen LogP contribution in [0.2, 0.25) is 0 Å². The Labute approximate surface area is 109 Å². The van der Waals surface area contributed by atoms with Crippen molar-refractivity contribution in [3.8, 4) is 0 Å². The lowest BCUT2D eigenvalue weighted by Gasteiger charge is -2.21. The Hall–Kier alpha value is -1.61. The summed E-state index contributed by atoms with van der Waals surface area (Å²) in [6, 6.07) is 9.14. The standard InChI is InChI=1S/C15H21N3/c1-11-7-5-6-8-15(11)13(3)17-12(2)14-9-16-18(4)10-14/h5-10,12-13,17H,1-4H3/t12?,13-/m0/s1. The van der Waals surface area contributed by atoms with E-state index in [0.29, 0.717) is 12.1 Å². The lowest BCUT2D eigenvalue weighted by Crippen LogP contribution is -2.22. The molecule has 0 aliphatic heterocycles. The van der Waals surface area contributed by atoms with Gasteiger partial charge >= 0.3 is 0 Å². The van der Waals surface area contributed by atoms with E-state index in [1.54, 1.807) is 0 Å². The van der Waals surface area contributed by atoms with Crippen molar-refractivity contribution >= 4 is 0 Å². The van der Waals surface area contributed by atoms with Gasteiger partial charge in [-0.1, -0.05) is 24.3 Å². The summed E-state index contributed by atoms with van der Waals surface area (Å²) in [6.45, 7) is 6.53. The maximum atomic E-state index is 4.21. The predicted molar refractivity (Wildman–Crippen MR) is 74.4 cm³/mol. The molecule has 1 aromatic heterocycles. The molecule has 2 atom stereocenters. The van der Waals surface area contributed by atoms with Crippen molar-refractivity contribution in [3.05, 3.63) is 53.3 Å². The molecule has 1 aromatic carbocycles. The van der Waals surface area contributed by atoms with Gasteiger partial charge < -0.3 is 5.32 Å². The summed E-state index contributed by atoms with van der Waals surface area (Å²) >= 11 is 0. The van der Waals surface area contributed by atoms with Crippen LogP contribution in [-0.2, 0) is 7.05 Å². The molecule has 0 fully saturated rings. The van der Waals surface area contributed by atoms with Gasteiger partial charge in [-0.05, 0) is 31.9 Å². The molecule has 0 saturated carbocycles. The second-order valence-electron chi connectivity index (χ2n) is 4.91. The van der Waals surface area contributed by atoms with E-state index in [0.717, 1.165) is 0 Å². The molecular weight excluding hydrogens is 222 g/mol. The van der Waals surface area contributed by atoms with E-state index in [1.165, 1.54) is 16.7 Å². The van der Waals surface area contributed by atoms with Gasteiger partial charge in [0.1, 0.15) is 0 Å². The average Bonchev–Trinajstić information content (AvgIpc) is 2.76. The molecule has 18 heavy (non-hydrogen) atoms. The predicted octanol–water partition coefficient (Wildman–Crippen LogP) is 3.14. The normalized spacial score (nSPS) is 14.4. The third kappa shape index (κ3) is 2.79. The molecule has 0 aliphatic carbocycles. The van der Waals surface area contributed by atoms with Gasteiger partial charge in [0, 0.05) is 30.9 Å². The van der Waals surface area contributed by atoms with Crippen molar-refractivity contribution in [1.29, 1.82) is 0 Å². The van der Waals surface area contributed by atoms with Crippen molar-refractivity contribution in [1.82, 2.24) is 15.1 Å². The zero-order chi connectivity index (χ0) is 13.1. The van der Waals surface area contributed by atoms with Gasteiger partial charge in [-0.3, -0.25) is 4.68 Å². The largest absolute Gasteiger partial charge is 0.304 e. The molecule has 0 aliphatic rings. The van der Waals surface area contributed by atoms with E-state index in [9.17, 15) is 0 Å². The Kier molecular flexibility index (Phi) is 3.82. The molecular formula is C15H21N3. The van der Waals surface area contributed by atoms with Gasteiger partial charge in [-0.25, -0.2) is 0 Å². The van der Waals surface area contributed by atoms with Crippen LogP contribution in [0, 0.1) is 6.92 Å². The van der Waals surface area contributed by atoms with E-state index in [-0.39, 0.29) is 0 Å². The van der Waals surface area contributed by atoms with E-state index in [4.69, 9.17) is 0 Å². The van der Waals surface area contributed by atoms with Gasteiger partial charge in [-0.15, -0.1) is 0 Å². The summed E-state index contributed by atoms with van der Waals surface area (Å²) < 4.78 is 1.84. The molecule has 0 amide bonds. The van der Waals surface area contributed by atoms with Crippen LogP contribution in [0.5, 0.6) is 0 Å². The van der Waals surface area contributed by atoms with E-state index in [2.05, 4.69) is 61.6 Å². The molecule has 3 heteroatoms. The summed E-state index contributed by atoms with van der Waals surface area (Å²) in [5.74, 6) is 0. The zero-order valence-electron chi connectivity index (χ0n) is 11.5. The quantitative estimate of drug-likeness (QED) is 0.894. The van der Waals surface area contributed by atoms with Crippen LogP contribution < -0.4 is 5.32 Å². The highest BCUT2D eigenvalue weighted by molar-refractivity contribution is 5.28. The lowest BCUT2D eigenvalue weighted by molar-refractivity contribution is 0.493. The van der Waals surface area contributed by atoms with Crippen LogP contribution in [0.3, 0.4) is 0 Å². The number of nitrogens with one attached hydrogen (secondary N) is 1. The number of hydrogen-bond donors (Lipinski definition) is 1. The van der Waals surface area contributed by atoms with Crippen LogP contribution in [-0.4, -0.2) is 9.78 Å². The van der Waals surface area contributed by atoms with Gasteiger partial charge in [0.25, 0.3) is 0 Å². The number of aromatic nitrogens is 2. The maximum Gasteiger partial charge on any atom is 0.0537 e. The first-order valence-corrected chi connectivity index (χ1v) is 6.38. The number of rotatable bonds is 4. The molecule has 96 valence electrons. The molecule has 1 unspecified atom stereocenters. The second kappa shape index (κ2) is 5.36. The number of hydrogen-bond acceptors (Lipinski definition) is 2. The van der Waals surface area contributed by atoms with Crippen molar-refractivity contribution in [3.63, 3.8) is 0 Å². The summed E-state index contributed by atoms with van der Waals surface area (Å²) in [5.41, 5.74) is 3.90. The molecule has 0 saturated heterocycles. The minimum atomic E-state index is 0.299. The molecule has 3 nitrogen and oxygen atoms in total. The van der Waals surface area contributed by atoms with Crippen LogP contribution >= 0.6 is 0 Å². The first kappa shape index (κ1) is 12.8. The van der Waals surface area contributed by atoms with Gasteiger partial charge in [0.05, 0.1) is 6.20 Å². The third-order valence-electron chi connectivity index (χ3n) is 3.38. The Bertz CT molecular complexity index is 516. The highest BCUT2D eigenvalue weighted by Crippen LogP contribution is 2.21. The molecule has 1 heterocycles. The van der Waals surface area contributed by atoms with Crippen LogP contribution in [0.4, 0.5) is 0 Å². The monoisotopic (exact) mass is 243 g/mol. The Morgan fingerprint density at radius 3 is 2.50 bits per heavy atom. The Morgan fingerprint density at radius 2 is 1.89 bits per heavy atom. The fraction of sp³-hybridized carbons (Fsp3) is 0.400. The molecule has 2 aromatic rings. The smallest absolute Gasteiger partial charge is 0.0537 e. The van der Waals surface area contributed by atoms with E-state index >= 15 is 0 Å². The van der Waals surface area contributed by atoms with Crippen molar-refractivity contribution in [2.75, 3.05) is 0 Å². The number of aryl methyl sites for hydroxylation is 2. The molecule has 1 N–H and O–H groups in total. The minimum Gasteiger partial charge on any atom is -0.304 e. The maximum absolute atomic E-state index is 4.21. The van der Waals surface area contributed by atoms with Crippen LogP contribution in [0.15, 0.2) is 36.7 Å².